The van der Waals surface area contributed by atoms with E-state index in [-0.39, 0.29) is 5.91 Å². The van der Waals surface area contributed by atoms with Crippen LogP contribution in [0.5, 0.6) is 0 Å². The Kier molecular flexibility index (Phi) is 5.20. The third kappa shape index (κ3) is 4.06. The molecule has 3 rings (SSSR count). The van der Waals surface area contributed by atoms with Gasteiger partial charge in [0.25, 0.3) is 5.91 Å². The van der Waals surface area contributed by atoms with Crippen molar-refractivity contribution in [2.24, 2.45) is 0 Å². The standard InChI is InChI=1S/C17H16BrClN2O3S/c1-25(23,24)21-8-7-13-11(10-21)3-2-4-16(13)20-17(22)14-9-12(18)5-6-15(14)19/h2-6,9H,7-8,10H2,1H3,(H,20,22). The first-order valence-corrected chi connectivity index (χ1v) is 10.6. The summed E-state index contributed by atoms with van der Waals surface area (Å²) in [7, 11) is -3.23. The molecule has 0 atom stereocenters. The van der Waals surface area contributed by atoms with Crippen LogP contribution in [-0.4, -0.2) is 31.4 Å². The number of fused-ring (bicyclic) bond motifs is 1. The van der Waals surface area contributed by atoms with Gasteiger partial charge in [0.15, 0.2) is 0 Å². The molecule has 1 N–H and O–H groups in total. The number of amides is 1. The van der Waals surface area contributed by atoms with E-state index in [1.807, 2.05) is 18.2 Å². The lowest BCUT2D eigenvalue weighted by atomic mass is 9.99. The Balaban J connectivity index is 1.88. The first kappa shape index (κ1) is 18.4. The molecule has 0 unspecified atom stereocenters. The number of nitrogens with one attached hydrogen (secondary N) is 1. The monoisotopic (exact) mass is 442 g/mol. The molecule has 1 aliphatic heterocycles. The Morgan fingerprint density at radius 3 is 2.76 bits per heavy atom. The average molecular weight is 444 g/mol. The Bertz CT molecular complexity index is 947. The SMILES string of the molecule is CS(=O)(=O)N1CCc2c(cccc2NC(=O)c2cc(Br)ccc2Cl)C1. The zero-order valence-corrected chi connectivity index (χ0v) is 16.6. The number of hydrogen-bond donors (Lipinski definition) is 1. The molecule has 0 radical (unpaired) electrons. The topological polar surface area (TPSA) is 66.5 Å². The van der Waals surface area contributed by atoms with E-state index in [0.29, 0.717) is 35.8 Å². The second-order valence-electron chi connectivity index (χ2n) is 5.87. The van der Waals surface area contributed by atoms with Gasteiger partial charge in [-0.3, -0.25) is 4.79 Å². The van der Waals surface area contributed by atoms with Gasteiger partial charge < -0.3 is 5.32 Å². The quantitative estimate of drug-likeness (QED) is 0.787. The average Bonchev–Trinajstić information content (AvgIpc) is 2.56. The number of sulfonamides is 1. The molecule has 1 amide bonds. The number of benzene rings is 2. The van der Waals surface area contributed by atoms with E-state index in [4.69, 9.17) is 11.6 Å². The summed E-state index contributed by atoms with van der Waals surface area (Å²) in [6.45, 7) is 0.714. The van der Waals surface area contributed by atoms with Crippen molar-refractivity contribution in [3.63, 3.8) is 0 Å². The van der Waals surface area contributed by atoms with Crippen molar-refractivity contribution < 1.29 is 13.2 Å². The molecule has 8 heteroatoms. The summed E-state index contributed by atoms with van der Waals surface area (Å²) in [5, 5.41) is 3.27. The first-order chi connectivity index (χ1) is 11.8. The molecule has 0 saturated heterocycles. The van der Waals surface area contributed by atoms with Crippen molar-refractivity contribution in [3.05, 3.63) is 62.6 Å². The molecule has 2 aromatic rings. The molecule has 0 aliphatic carbocycles. The Labute approximate surface area is 160 Å². The second kappa shape index (κ2) is 7.07. The minimum absolute atomic E-state index is 0.301. The van der Waals surface area contributed by atoms with Crippen LogP contribution in [-0.2, 0) is 23.0 Å². The third-order valence-corrected chi connectivity index (χ3v) is 6.19. The second-order valence-corrected chi connectivity index (χ2v) is 9.17. The smallest absolute Gasteiger partial charge is 0.257 e. The fourth-order valence-corrected chi connectivity index (χ4v) is 4.21. The van der Waals surface area contributed by atoms with Gasteiger partial charge in [-0.15, -0.1) is 0 Å². The van der Waals surface area contributed by atoms with Crippen LogP contribution in [0.25, 0.3) is 0 Å². The number of carbonyl (C=O) groups excluding carboxylic acids is 1. The van der Waals surface area contributed by atoms with Crippen LogP contribution in [0.1, 0.15) is 21.5 Å². The lowest BCUT2D eigenvalue weighted by molar-refractivity contribution is 0.102. The molecule has 1 heterocycles. The van der Waals surface area contributed by atoms with Crippen LogP contribution in [0.3, 0.4) is 0 Å². The van der Waals surface area contributed by atoms with Gasteiger partial charge in [0.1, 0.15) is 0 Å². The Hall–Kier alpha value is -1.41. The van der Waals surface area contributed by atoms with Crippen molar-refractivity contribution in [2.75, 3.05) is 18.1 Å². The molecule has 5 nitrogen and oxygen atoms in total. The van der Waals surface area contributed by atoms with Crippen molar-refractivity contribution in [1.82, 2.24) is 4.31 Å². The molecule has 0 aromatic heterocycles. The molecule has 0 fully saturated rings. The van der Waals surface area contributed by atoms with Crippen LogP contribution in [0.2, 0.25) is 5.02 Å². The van der Waals surface area contributed by atoms with Crippen LogP contribution in [0.15, 0.2) is 40.9 Å². The minimum atomic E-state index is -3.23. The van der Waals surface area contributed by atoms with Crippen molar-refractivity contribution in [2.45, 2.75) is 13.0 Å². The maximum Gasteiger partial charge on any atom is 0.257 e. The van der Waals surface area contributed by atoms with Crippen LogP contribution >= 0.6 is 27.5 Å². The summed E-state index contributed by atoms with van der Waals surface area (Å²) < 4.78 is 25.7. The highest BCUT2D eigenvalue weighted by Gasteiger charge is 2.25. The van der Waals surface area contributed by atoms with Gasteiger partial charge in [0.2, 0.25) is 10.0 Å². The van der Waals surface area contributed by atoms with Crippen LogP contribution < -0.4 is 5.32 Å². The van der Waals surface area contributed by atoms with Gasteiger partial charge >= 0.3 is 0 Å². The third-order valence-electron chi connectivity index (χ3n) is 4.12. The maximum absolute atomic E-state index is 12.6. The normalized spacial score (nSPS) is 14.8. The number of rotatable bonds is 3. The maximum atomic E-state index is 12.6. The Morgan fingerprint density at radius 1 is 1.28 bits per heavy atom. The fourth-order valence-electron chi connectivity index (χ4n) is 2.84. The summed E-state index contributed by atoms with van der Waals surface area (Å²) in [5.74, 6) is -0.301. The van der Waals surface area contributed by atoms with Gasteiger partial charge in [-0.25, -0.2) is 8.42 Å². The summed E-state index contributed by atoms with van der Waals surface area (Å²) in [5.41, 5.74) is 2.92. The van der Waals surface area contributed by atoms with Gasteiger partial charge in [0, 0.05) is 23.2 Å². The van der Waals surface area contributed by atoms with E-state index in [1.165, 1.54) is 10.6 Å². The number of hydrogen-bond acceptors (Lipinski definition) is 3. The molecule has 0 bridgehead atoms. The first-order valence-electron chi connectivity index (χ1n) is 7.58. The number of halogens is 2. The number of nitrogens with zero attached hydrogens (tertiary/aromatic N) is 1. The summed E-state index contributed by atoms with van der Waals surface area (Å²) >= 11 is 9.45. The number of anilines is 1. The van der Waals surface area contributed by atoms with Crippen molar-refractivity contribution in [1.29, 1.82) is 0 Å². The van der Waals surface area contributed by atoms with Crippen LogP contribution in [0, 0.1) is 0 Å². The summed E-state index contributed by atoms with van der Waals surface area (Å²) in [4.78, 5) is 12.6. The van der Waals surface area contributed by atoms with E-state index < -0.39 is 10.0 Å². The summed E-state index contributed by atoms with van der Waals surface area (Å²) in [6.07, 6.45) is 1.75. The predicted molar refractivity (Wildman–Crippen MR) is 103 cm³/mol. The van der Waals surface area contributed by atoms with Crippen LogP contribution in [0.4, 0.5) is 5.69 Å². The molecule has 25 heavy (non-hydrogen) atoms. The Morgan fingerprint density at radius 2 is 2.04 bits per heavy atom. The van der Waals surface area contributed by atoms with Crippen molar-refractivity contribution >= 4 is 49.1 Å². The highest BCUT2D eigenvalue weighted by Crippen LogP contribution is 2.29. The van der Waals surface area contributed by atoms with E-state index in [0.717, 1.165) is 15.6 Å². The molecule has 1 aliphatic rings. The van der Waals surface area contributed by atoms with Crippen molar-refractivity contribution in [3.8, 4) is 0 Å². The molecular weight excluding hydrogens is 428 g/mol. The fraction of sp³-hybridized carbons (Fsp3) is 0.235. The van der Waals surface area contributed by atoms with E-state index in [9.17, 15) is 13.2 Å². The van der Waals surface area contributed by atoms with E-state index in [1.54, 1.807) is 18.2 Å². The highest BCUT2D eigenvalue weighted by atomic mass is 79.9. The molecule has 132 valence electrons. The van der Waals surface area contributed by atoms with Gasteiger partial charge in [-0.1, -0.05) is 39.7 Å². The van der Waals surface area contributed by atoms with Gasteiger partial charge in [-0.05, 0) is 41.8 Å². The largest absolute Gasteiger partial charge is 0.322 e. The lowest BCUT2D eigenvalue weighted by Crippen LogP contribution is -2.35. The van der Waals surface area contributed by atoms with Gasteiger partial charge in [0.05, 0.1) is 16.8 Å². The van der Waals surface area contributed by atoms with E-state index in [2.05, 4.69) is 21.2 Å². The van der Waals surface area contributed by atoms with Gasteiger partial charge in [-0.2, -0.15) is 4.31 Å². The zero-order chi connectivity index (χ0) is 18.2. The lowest BCUT2D eigenvalue weighted by Gasteiger charge is -2.28. The number of carbonyl (C=O) groups is 1. The molecule has 2 aromatic carbocycles. The highest BCUT2D eigenvalue weighted by molar-refractivity contribution is 9.10. The molecular formula is C17H16BrClN2O3S. The van der Waals surface area contributed by atoms with E-state index >= 15 is 0 Å². The summed E-state index contributed by atoms with van der Waals surface area (Å²) in [6, 6.07) is 10.6. The zero-order valence-electron chi connectivity index (χ0n) is 13.4. The molecule has 0 saturated carbocycles. The predicted octanol–water partition coefficient (Wildman–Crippen LogP) is 3.67. The minimum Gasteiger partial charge on any atom is -0.322 e. The molecule has 0 spiro atoms.